The maximum atomic E-state index is 12.8. The highest BCUT2D eigenvalue weighted by Gasteiger charge is 2.19. The summed E-state index contributed by atoms with van der Waals surface area (Å²) in [6.45, 7) is 6.22. The number of hydrogen-bond acceptors (Lipinski definition) is 6. The quantitative estimate of drug-likeness (QED) is 0.0263. The Bertz CT molecular complexity index is 1420. The molecule has 0 saturated heterocycles. The van der Waals surface area contributed by atoms with Gasteiger partial charge in [0.2, 0.25) is 0 Å². The van der Waals surface area contributed by atoms with Crippen molar-refractivity contribution >= 4 is 17.9 Å². The molecule has 0 N–H and O–H groups in total. The summed E-state index contributed by atoms with van der Waals surface area (Å²) in [6, 6.07) is 0. The molecule has 0 radical (unpaired) electrons. The Morgan fingerprint density at radius 2 is 0.651 bits per heavy atom. The fraction of sp³-hybridized carbons (Fsp3) is 0.561. The average Bonchev–Trinajstić information content (AvgIpc) is 3.28. The summed E-state index contributed by atoms with van der Waals surface area (Å²) in [7, 11) is 0. The van der Waals surface area contributed by atoms with Crippen molar-refractivity contribution in [3.8, 4) is 0 Å². The maximum absolute atomic E-state index is 12.8. The van der Waals surface area contributed by atoms with Crippen LogP contribution in [0.3, 0.4) is 0 Å². The summed E-state index contributed by atoms with van der Waals surface area (Å²) in [5.41, 5.74) is 0. The van der Waals surface area contributed by atoms with Gasteiger partial charge in [-0.15, -0.1) is 0 Å². The number of ether oxygens (including phenoxy) is 3. The zero-order valence-corrected chi connectivity index (χ0v) is 40.0. The summed E-state index contributed by atoms with van der Waals surface area (Å²) >= 11 is 0. The molecule has 352 valence electrons. The molecule has 1 unspecified atom stereocenters. The molecule has 6 nitrogen and oxygen atoms in total. The molecule has 0 fully saturated rings. The number of carbonyl (C=O) groups excluding carboxylic acids is 3. The monoisotopic (exact) mass is 869 g/mol. The van der Waals surface area contributed by atoms with E-state index in [0.717, 1.165) is 89.9 Å². The molecule has 0 rings (SSSR count). The van der Waals surface area contributed by atoms with Crippen LogP contribution in [0.5, 0.6) is 0 Å². The van der Waals surface area contributed by atoms with E-state index >= 15 is 0 Å². The zero-order valence-electron chi connectivity index (χ0n) is 40.0. The standard InChI is InChI=1S/C57H88O6/c1-4-7-10-13-16-19-22-25-27-29-32-35-38-41-44-47-50-56(59)62-53-54(52-61-55(58)49-46-43-40-37-34-31-24-21-18-15-12-9-6-3)63-57(60)51-48-45-42-39-36-33-30-28-26-23-20-17-14-11-8-5-2/h7-8,10-11,16-17,19-20,25-28,31-36,40-41,43-44,54H,4-6,9,12-15,18,21-24,29-30,37-39,42,45-53H2,1-3H3/b10-7+,11-8+,19-16+,20-17+,27-25+,28-26+,34-31+,35-32+,36-33+,43-40+,44-41+. The summed E-state index contributed by atoms with van der Waals surface area (Å²) in [4.78, 5) is 37.8. The number of allylic oxidation sites excluding steroid dienone is 22. The van der Waals surface area contributed by atoms with E-state index in [1.807, 2.05) is 18.2 Å². The van der Waals surface area contributed by atoms with Crippen LogP contribution in [0.4, 0.5) is 0 Å². The van der Waals surface area contributed by atoms with E-state index in [1.54, 1.807) is 0 Å². The normalized spacial score (nSPS) is 13.3. The Morgan fingerprint density at radius 1 is 0.333 bits per heavy atom. The van der Waals surface area contributed by atoms with Crippen molar-refractivity contribution in [2.24, 2.45) is 0 Å². The van der Waals surface area contributed by atoms with E-state index < -0.39 is 6.10 Å². The molecule has 0 aliphatic rings. The molecule has 0 aromatic carbocycles. The van der Waals surface area contributed by atoms with Crippen molar-refractivity contribution in [2.75, 3.05) is 13.2 Å². The van der Waals surface area contributed by atoms with Crippen LogP contribution in [0.15, 0.2) is 134 Å². The highest BCUT2D eigenvalue weighted by molar-refractivity contribution is 5.71. The van der Waals surface area contributed by atoms with Gasteiger partial charge in [0, 0.05) is 19.3 Å². The molecule has 0 saturated carbocycles. The van der Waals surface area contributed by atoms with Gasteiger partial charge in [-0.05, 0) is 109 Å². The van der Waals surface area contributed by atoms with Gasteiger partial charge < -0.3 is 14.2 Å². The first-order valence-corrected chi connectivity index (χ1v) is 24.7. The fourth-order valence-electron chi connectivity index (χ4n) is 6.00. The maximum Gasteiger partial charge on any atom is 0.306 e. The van der Waals surface area contributed by atoms with Crippen molar-refractivity contribution in [2.45, 2.75) is 194 Å². The van der Waals surface area contributed by atoms with Crippen molar-refractivity contribution in [3.63, 3.8) is 0 Å². The molecular weight excluding hydrogens is 781 g/mol. The van der Waals surface area contributed by atoms with Gasteiger partial charge in [-0.3, -0.25) is 14.4 Å². The van der Waals surface area contributed by atoms with E-state index in [0.29, 0.717) is 19.3 Å². The molecule has 6 heteroatoms. The Kier molecular flexibility index (Phi) is 46.7. The highest BCUT2D eigenvalue weighted by atomic mass is 16.6. The van der Waals surface area contributed by atoms with E-state index in [-0.39, 0.29) is 50.4 Å². The van der Waals surface area contributed by atoms with Crippen LogP contribution in [0, 0.1) is 0 Å². The van der Waals surface area contributed by atoms with Crippen LogP contribution in [-0.4, -0.2) is 37.2 Å². The molecule has 0 heterocycles. The Labute approximate surface area is 385 Å². The van der Waals surface area contributed by atoms with Crippen LogP contribution in [0.2, 0.25) is 0 Å². The molecule has 0 aromatic heterocycles. The molecule has 1 atom stereocenters. The Morgan fingerprint density at radius 3 is 1.03 bits per heavy atom. The van der Waals surface area contributed by atoms with Gasteiger partial charge >= 0.3 is 17.9 Å². The molecule has 63 heavy (non-hydrogen) atoms. The van der Waals surface area contributed by atoms with Crippen molar-refractivity contribution in [3.05, 3.63) is 134 Å². The number of hydrogen-bond donors (Lipinski definition) is 0. The van der Waals surface area contributed by atoms with Crippen LogP contribution in [0.1, 0.15) is 188 Å². The number of rotatable bonds is 42. The van der Waals surface area contributed by atoms with Crippen LogP contribution in [0.25, 0.3) is 0 Å². The van der Waals surface area contributed by atoms with Crippen LogP contribution in [-0.2, 0) is 28.6 Å². The largest absolute Gasteiger partial charge is 0.462 e. The number of unbranched alkanes of at least 4 members (excludes halogenated alkanes) is 9. The van der Waals surface area contributed by atoms with Crippen molar-refractivity contribution in [1.29, 1.82) is 0 Å². The summed E-state index contributed by atoms with van der Waals surface area (Å²) in [6.07, 6.45) is 70.3. The van der Waals surface area contributed by atoms with Gasteiger partial charge in [-0.2, -0.15) is 0 Å². The fourth-order valence-corrected chi connectivity index (χ4v) is 6.00. The first kappa shape index (κ1) is 58.6. The third-order valence-corrected chi connectivity index (χ3v) is 9.65. The predicted molar refractivity (Wildman–Crippen MR) is 269 cm³/mol. The van der Waals surface area contributed by atoms with E-state index in [9.17, 15) is 14.4 Å². The highest BCUT2D eigenvalue weighted by Crippen LogP contribution is 2.10. The summed E-state index contributed by atoms with van der Waals surface area (Å²) in [5, 5.41) is 0. The van der Waals surface area contributed by atoms with Gasteiger partial charge in [-0.25, -0.2) is 0 Å². The van der Waals surface area contributed by atoms with Gasteiger partial charge in [0.1, 0.15) is 13.2 Å². The lowest BCUT2D eigenvalue weighted by Crippen LogP contribution is -2.30. The minimum absolute atomic E-state index is 0.149. The van der Waals surface area contributed by atoms with Crippen molar-refractivity contribution < 1.29 is 28.6 Å². The molecule has 0 bridgehead atoms. The lowest BCUT2D eigenvalue weighted by atomic mass is 10.1. The number of esters is 3. The Balaban J connectivity index is 4.65. The smallest absolute Gasteiger partial charge is 0.306 e. The van der Waals surface area contributed by atoms with Gasteiger partial charge in [0.25, 0.3) is 0 Å². The lowest BCUT2D eigenvalue weighted by molar-refractivity contribution is -0.166. The third kappa shape index (κ3) is 48.4. The molecule has 0 aliphatic heterocycles. The summed E-state index contributed by atoms with van der Waals surface area (Å²) < 4.78 is 16.6. The van der Waals surface area contributed by atoms with Crippen molar-refractivity contribution in [1.82, 2.24) is 0 Å². The SMILES string of the molecule is CC/C=C/C/C=C/C/C=C/C/C=C/C/C=C/CCC(=O)OCC(COC(=O)CC/C=C/C/C=C/CCCCCCCC)OC(=O)CCCCC/C=C/C/C=C/C/C=C/C/C=C/CC. The average molecular weight is 869 g/mol. The number of carbonyl (C=O) groups is 3. The molecule has 0 aliphatic carbocycles. The second-order valence-electron chi connectivity index (χ2n) is 15.6. The predicted octanol–water partition coefficient (Wildman–Crippen LogP) is 16.3. The van der Waals surface area contributed by atoms with Crippen LogP contribution < -0.4 is 0 Å². The molecule has 0 amide bonds. The summed E-state index contributed by atoms with van der Waals surface area (Å²) in [5.74, 6) is -1.14. The second kappa shape index (κ2) is 50.2. The lowest BCUT2D eigenvalue weighted by Gasteiger charge is -2.18. The van der Waals surface area contributed by atoms with Gasteiger partial charge in [0.15, 0.2) is 6.10 Å². The molecular formula is C57H88O6. The second-order valence-corrected chi connectivity index (χ2v) is 15.6. The minimum atomic E-state index is -0.851. The Hall–Kier alpha value is -4.45. The zero-order chi connectivity index (χ0) is 45.8. The van der Waals surface area contributed by atoms with Gasteiger partial charge in [0.05, 0.1) is 0 Å². The first-order valence-electron chi connectivity index (χ1n) is 24.7. The van der Waals surface area contributed by atoms with E-state index in [2.05, 4.69) is 136 Å². The topological polar surface area (TPSA) is 78.9 Å². The first-order chi connectivity index (χ1) is 31.0. The third-order valence-electron chi connectivity index (χ3n) is 9.65. The van der Waals surface area contributed by atoms with E-state index in [1.165, 1.54) is 38.5 Å². The van der Waals surface area contributed by atoms with E-state index in [4.69, 9.17) is 14.2 Å². The van der Waals surface area contributed by atoms with Crippen LogP contribution >= 0.6 is 0 Å². The molecule has 0 spiro atoms. The molecule has 0 aromatic rings. The minimum Gasteiger partial charge on any atom is -0.462 e. The van der Waals surface area contributed by atoms with Gasteiger partial charge in [-0.1, -0.05) is 193 Å².